The summed E-state index contributed by atoms with van der Waals surface area (Å²) in [6.07, 6.45) is 22.2. The second kappa shape index (κ2) is 13.5. The molecule has 0 heteroatoms. The SMILES string of the molecule is CCC[C@H]1CC[C@H](CCc2ccc(CCc3ccc([C@H]4CC[C@H](CCC)CC4)cc3)cc2)CC1. The van der Waals surface area contributed by atoms with Crippen molar-refractivity contribution in [1.82, 2.24) is 0 Å². The molecule has 2 saturated carbocycles. The third-order valence-electron chi connectivity index (χ3n) is 9.22. The van der Waals surface area contributed by atoms with Crippen LogP contribution >= 0.6 is 0 Å². The maximum Gasteiger partial charge on any atom is -0.0162 e. The van der Waals surface area contributed by atoms with Gasteiger partial charge in [-0.1, -0.05) is 114 Å². The highest BCUT2D eigenvalue weighted by Crippen LogP contribution is 2.37. The Bertz CT molecular complexity index is 798. The minimum atomic E-state index is 0.807. The quantitative estimate of drug-likeness (QED) is 0.314. The highest BCUT2D eigenvalue weighted by Gasteiger charge is 2.22. The first-order valence-corrected chi connectivity index (χ1v) is 14.9. The number of rotatable bonds is 11. The van der Waals surface area contributed by atoms with Crippen LogP contribution in [0, 0.1) is 17.8 Å². The summed E-state index contributed by atoms with van der Waals surface area (Å²) in [5.41, 5.74) is 6.10. The Morgan fingerprint density at radius 1 is 0.471 bits per heavy atom. The minimum Gasteiger partial charge on any atom is -0.0654 e. The maximum atomic E-state index is 2.43. The van der Waals surface area contributed by atoms with Crippen LogP contribution in [0.4, 0.5) is 0 Å². The Hall–Kier alpha value is -1.56. The van der Waals surface area contributed by atoms with Gasteiger partial charge < -0.3 is 0 Å². The predicted molar refractivity (Wildman–Crippen MR) is 149 cm³/mol. The van der Waals surface area contributed by atoms with Gasteiger partial charge in [0.1, 0.15) is 0 Å². The molecule has 2 aliphatic rings. The van der Waals surface area contributed by atoms with Crippen molar-refractivity contribution in [3.63, 3.8) is 0 Å². The van der Waals surface area contributed by atoms with Gasteiger partial charge in [0.25, 0.3) is 0 Å². The van der Waals surface area contributed by atoms with E-state index in [-0.39, 0.29) is 0 Å². The fourth-order valence-corrected chi connectivity index (χ4v) is 6.90. The number of aryl methyl sites for hydroxylation is 3. The fourth-order valence-electron chi connectivity index (χ4n) is 6.90. The summed E-state index contributed by atoms with van der Waals surface area (Å²) in [5.74, 6) is 3.81. The van der Waals surface area contributed by atoms with Crippen molar-refractivity contribution in [2.75, 3.05) is 0 Å². The van der Waals surface area contributed by atoms with Crippen LogP contribution in [0.3, 0.4) is 0 Å². The second-order valence-corrected chi connectivity index (χ2v) is 11.8. The summed E-state index contributed by atoms with van der Waals surface area (Å²) in [6.45, 7) is 4.67. The van der Waals surface area contributed by atoms with Gasteiger partial charge in [-0.3, -0.25) is 0 Å². The summed E-state index contributed by atoms with van der Waals surface area (Å²) >= 11 is 0. The molecule has 0 spiro atoms. The van der Waals surface area contributed by atoms with Gasteiger partial charge in [0.05, 0.1) is 0 Å². The fraction of sp³-hybridized carbons (Fsp3) is 0.647. The standard InChI is InChI=1S/C34H50/c1-3-5-27-7-9-29(10-8-27)11-12-30-13-15-31(16-14-30)17-18-32-21-25-34(26-22-32)33-23-19-28(6-4-2)20-24-33/h13-16,21-22,25-29,33H,3-12,17-20,23-24H2,1-2H3/t27-,28-,29-,33-. The molecule has 2 aromatic rings. The van der Waals surface area contributed by atoms with E-state index < -0.39 is 0 Å². The molecule has 4 rings (SSSR count). The first-order valence-electron chi connectivity index (χ1n) is 14.9. The molecular formula is C34H50. The van der Waals surface area contributed by atoms with E-state index in [9.17, 15) is 0 Å². The van der Waals surface area contributed by atoms with E-state index >= 15 is 0 Å². The monoisotopic (exact) mass is 458 g/mol. The topological polar surface area (TPSA) is 0 Å². The van der Waals surface area contributed by atoms with Crippen molar-refractivity contribution in [2.24, 2.45) is 17.8 Å². The lowest BCUT2D eigenvalue weighted by Crippen LogP contribution is -2.15. The Morgan fingerprint density at radius 3 is 1.32 bits per heavy atom. The average molecular weight is 459 g/mol. The van der Waals surface area contributed by atoms with Crippen molar-refractivity contribution < 1.29 is 0 Å². The van der Waals surface area contributed by atoms with Crippen LogP contribution in [0.1, 0.15) is 125 Å². The van der Waals surface area contributed by atoms with Crippen LogP contribution in [-0.4, -0.2) is 0 Å². The smallest absolute Gasteiger partial charge is 0.0162 e. The lowest BCUT2D eigenvalue weighted by molar-refractivity contribution is 0.252. The second-order valence-electron chi connectivity index (χ2n) is 11.8. The summed E-state index contributed by atoms with van der Waals surface area (Å²) in [7, 11) is 0. The molecule has 0 nitrogen and oxygen atoms in total. The third-order valence-corrected chi connectivity index (χ3v) is 9.22. The van der Waals surface area contributed by atoms with Crippen LogP contribution in [0.5, 0.6) is 0 Å². The molecule has 0 N–H and O–H groups in total. The zero-order valence-corrected chi connectivity index (χ0v) is 22.2. The molecule has 0 amide bonds. The molecule has 0 unspecified atom stereocenters. The van der Waals surface area contributed by atoms with Gasteiger partial charge in [-0.2, -0.15) is 0 Å². The van der Waals surface area contributed by atoms with Crippen LogP contribution < -0.4 is 0 Å². The molecule has 0 aliphatic heterocycles. The summed E-state index contributed by atoms with van der Waals surface area (Å²) < 4.78 is 0. The number of benzene rings is 2. The van der Waals surface area contributed by atoms with Gasteiger partial charge in [0.2, 0.25) is 0 Å². The Labute approximate surface area is 211 Å². The van der Waals surface area contributed by atoms with Crippen LogP contribution in [0.15, 0.2) is 48.5 Å². The van der Waals surface area contributed by atoms with Gasteiger partial charge >= 0.3 is 0 Å². The zero-order valence-electron chi connectivity index (χ0n) is 22.2. The van der Waals surface area contributed by atoms with E-state index in [2.05, 4.69) is 62.4 Å². The normalized spacial score (nSPS) is 25.4. The molecule has 0 bridgehead atoms. The third kappa shape index (κ3) is 7.73. The lowest BCUT2D eigenvalue weighted by atomic mass is 9.77. The van der Waals surface area contributed by atoms with E-state index in [1.807, 2.05) is 0 Å². The summed E-state index contributed by atoms with van der Waals surface area (Å²) in [6, 6.07) is 19.2. The molecule has 186 valence electrons. The molecule has 0 aromatic heterocycles. The molecule has 2 aliphatic carbocycles. The van der Waals surface area contributed by atoms with E-state index in [0.29, 0.717) is 0 Å². The first kappa shape index (κ1) is 25.5. The van der Waals surface area contributed by atoms with Crippen molar-refractivity contribution in [2.45, 2.75) is 122 Å². The van der Waals surface area contributed by atoms with E-state index in [1.165, 1.54) is 107 Å². The number of hydrogen-bond donors (Lipinski definition) is 0. The highest BCUT2D eigenvalue weighted by atomic mass is 14.3. The highest BCUT2D eigenvalue weighted by molar-refractivity contribution is 5.28. The molecule has 0 radical (unpaired) electrons. The molecule has 0 atom stereocenters. The molecule has 0 heterocycles. The van der Waals surface area contributed by atoms with Crippen LogP contribution in [-0.2, 0) is 19.3 Å². The predicted octanol–water partition coefficient (Wildman–Crippen LogP) is 10.1. The Balaban J connectivity index is 1.17. The molecule has 34 heavy (non-hydrogen) atoms. The summed E-state index contributed by atoms with van der Waals surface area (Å²) in [5, 5.41) is 0. The Kier molecular flexibility index (Phi) is 10.1. The molecule has 2 fully saturated rings. The largest absolute Gasteiger partial charge is 0.0654 e. The lowest BCUT2D eigenvalue weighted by Gasteiger charge is -2.28. The van der Waals surface area contributed by atoms with Crippen LogP contribution in [0.2, 0.25) is 0 Å². The van der Waals surface area contributed by atoms with Crippen molar-refractivity contribution in [3.05, 3.63) is 70.8 Å². The van der Waals surface area contributed by atoms with Gasteiger partial charge in [-0.25, -0.2) is 0 Å². The number of hydrogen-bond acceptors (Lipinski definition) is 0. The summed E-state index contributed by atoms with van der Waals surface area (Å²) in [4.78, 5) is 0. The van der Waals surface area contributed by atoms with Gasteiger partial charge in [0.15, 0.2) is 0 Å². The molecule has 2 aromatic carbocycles. The average Bonchev–Trinajstić information content (AvgIpc) is 2.89. The zero-order chi connectivity index (χ0) is 23.6. The maximum absolute atomic E-state index is 2.43. The van der Waals surface area contributed by atoms with E-state index in [0.717, 1.165) is 36.5 Å². The van der Waals surface area contributed by atoms with Crippen molar-refractivity contribution in [1.29, 1.82) is 0 Å². The Morgan fingerprint density at radius 2 is 0.853 bits per heavy atom. The van der Waals surface area contributed by atoms with Crippen molar-refractivity contribution >= 4 is 0 Å². The van der Waals surface area contributed by atoms with Gasteiger partial charge in [-0.15, -0.1) is 0 Å². The van der Waals surface area contributed by atoms with Gasteiger partial charge in [-0.05, 0) is 97.3 Å². The first-order chi connectivity index (χ1) is 16.7. The minimum absolute atomic E-state index is 0.807. The van der Waals surface area contributed by atoms with E-state index in [4.69, 9.17) is 0 Å². The van der Waals surface area contributed by atoms with Crippen molar-refractivity contribution in [3.8, 4) is 0 Å². The molecule has 0 saturated heterocycles. The van der Waals surface area contributed by atoms with Crippen LogP contribution in [0.25, 0.3) is 0 Å². The van der Waals surface area contributed by atoms with E-state index in [1.54, 1.807) is 5.56 Å². The molecular weight excluding hydrogens is 408 g/mol. The van der Waals surface area contributed by atoms with Gasteiger partial charge in [0, 0.05) is 0 Å².